The molecule has 0 spiro atoms. The molecule has 3 saturated heterocycles. The Labute approximate surface area is 94.2 Å². The van der Waals surface area contributed by atoms with E-state index < -0.39 is 0 Å². The van der Waals surface area contributed by atoms with Crippen LogP contribution >= 0.6 is 0 Å². The minimum atomic E-state index is 0.0324. The van der Waals surface area contributed by atoms with Crippen molar-refractivity contribution in [1.29, 1.82) is 0 Å². The number of fused-ring (bicyclic) bond motifs is 2. The van der Waals surface area contributed by atoms with Crippen LogP contribution in [0.2, 0.25) is 0 Å². The number of hydrogen-bond donors (Lipinski definition) is 1. The lowest BCUT2D eigenvalue weighted by Crippen LogP contribution is -2.70. The van der Waals surface area contributed by atoms with Crippen LogP contribution in [0, 0.1) is 0 Å². The minimum absolute atomic E-state index is 0.0324. The average Bonchev–Trinajstić information content (AvgIpc) is 2.28. The summed E-state index contributed by atoms with van der Waals surface area (Å²) in [7, 11) is 1.64. The summed E-state index contributed by atoms with van der Waals surface area (Å²) in [6, 6.07) is 8.15. The SMILES string of the molecule is COc1cccc(N2CC3CC(N3)C2=O)c1. The highest BCUT2D eigenvalue weighted by Gasteiger charge is 2.43. The average molecular weight is 218 g/mol. The molecule has 2 unspecified atom stereocenters. The number of hydrogen-bond acceptors (Lipinski definition) is 3. The highest BCUT2D eigenvalue weighted by atomic mass is 16.5. The fourth-order valence-electron chi connectivity index (χ4n) is 2.35. The van der Waals surface area contributed by atoms with Crippen LogP contribution in [0.1, 0.15) is 6.42 Å². The van der Waals surface area contributed by atoms with Gasteiger partial charge in [-0.1, -0.05) is 6.07 Å². The Hall–Kier alpha value is -1.55. The van der Waals surface area contributed by atoms with E-state index in [2.05, 4.69) is 5.32 Å². The first kappa shape index (κ1) is 9.66. The van der Waals surface area contributed by atoms with Gasteiger partial charge in [0.05, 0.1) is 13.2 Å². The molecular formula is C12H14N2O2. The van der Waals surface area contributed by atoms with E-state index in [4.69, 9.17) is 4.74 Å². The Kier molecular flexibility index (Phi) is 2.11. The summed E-state index contributed by atoms with van der Waals surface area (Å²) in [4.78, 5) is 13.8. The van der Waals surface area contributed by atoms with Crippen LogP contribution in [0.4, 0.5) is 5.69 Å². The van der Waals surface area contributed by atoms with E-state index in [-0.39, 0.29) is 11.9 Å². The maximum absolute atomic E-state index is 12.0. The van der Waals surface area contributed by atoms with Crippen LogP contribution in [0.3, 0.4) is 0 Å². The molecule has 0 saturated carbocycles. The van der Waals surface area contributed by atoms with Gasteiger partial charge < -0.3 is 15.0 Å². The molecule has 3 aliphatic rings. The smallest absolute Gasteiger partial charge is 0.244 e. The summed E-state index contributed by atoms with van der Waals surface area (Å²) in [5, 5.41) is 3.23. The highest BCUT2D eigenvalue weighted by Crippen LogP contribution is 2.29. The third-order valence-corrected chi connectivity index (χ3v) is 3.29. The van der Waals surface area contributed by atoms with Gasteiger partial charge in [-0.25, -0.2) is 0 Å². The first-order chi connectivity index (χ1) is 7.78. The quantitative estimate of drug-likeness (QED) is 0.797. The number of piperidine rings is 1. The molecular weight excluding hydrogens is 204 g/mol. The minimum Gasteiger partial charge on any atom is -0.497 e. The highest BCUT2D eigenvalue weighted by molar-refractivity contribution is 5.99. The summed E-state index contributed by atoms with van der Waals surface area (Å²) in [6.07, 6.45) is 0.985. The molecule has 1 aromatic rings. The lowest BCUT2D eigenvalue weighted by molar-refractivity contribution is -0.125. The zero-order valence-corrected chi connectivity index (χ0v) is 9.14. The molecule has 4 rings (SSSR count). The first-order valence-electron chi connectivity index (χ1n) is 5.49. The van der Waals surface area contributed by atoms with Crippen molar-refractivity contribution in [2.75, 3.05) is 18.6 Å². The van der Waals surface area contributed by atoms with Crippen molar-refractivity contribution < 1.29 is 9.53 Å². The maximum atomic E-state index is 12.0. The van der Waals surface area contributed by atoms with Gasteiger partial charge in [0.15, 0.2) is 0 Å². The third kappa shape index (κ3) is 1.38. The molecule has 3 heterocycles. The molecule has 4 heteroatoms. The van der Waals surface area contributed by atoms with Gasteiger partial charge in [-0.05, 0) is 18.6 Å². The zero-order valence-electron chi connectivity index (χ0n) is 9.14. The van der Waals surface area contributed by atoms with Gasteiger partial charge in [-0.3, -0.25) is 4.79 Å². The van der Waals surface area contributed by atoms with Crippen LogP contribution < -0.4 is 15.0 Å². The van der Waals surface area contributed by atoms with Crippen molar-refractivity contribution >= 4 is 11.6 Å². The van der Waals surface area contributed by atoms with E-state index >= 15 is 0 Å². The van der Waals surface area contributed by atoms with Crippen LogP contribution in [-0.2, 0) is 4.79 Å². The van der Waals surface area contributed by atoms with Crippen molar-refractivity contribution in [3.05, 3.63) is 24.3 Å². The normalized spacial score (nSPS) is 27.6. The number of nitrogens with one attached hydrogen (secondary N) is 1. The van der Waals surface area contributed by atoms with Crippen LogP contribution in [-0.4, -0.2) is 31.6 Å². The van der Waals surface area contributed by atoms with Gasteiger partial charge >= 0.3 is 0 Å². The molecule has 0 radical (unpaired) electrons. The molecule has 2 bridgehead atoms. The van der Waals surface area contributed by atoms with Gasteiger partial charge in [0.2, 0.25) is 5.91 Å². The second-order valence-corrected chi connectivity index (χ2v) is 4.30. The van der Waals surface area contributed by atoms with Gasteiger partial charge in [0, 0.05) is 24.3 Å². The number of carbonyl (C=O) groups is 1. The van der Waals surface area contributed by atoms with Gasteiger partial charge in [0.25, 0.3) is 0 Å². The molecule has 84 valence electrons. The van der Waals surface area contributed by atoms with Crippen molar-refractivity contribution in [3.63, 3.8) is 0 Å². The monoisotopic (exact) mass is 218 g/mol. The van der Waals surface area contributed by atoms with Crippen LogP contribution in [0.5, 0.6) is 5.75 Å². The summed E-state index contributed by atoms with van der Waals surface area (Å²) in [6.45, 7) is 0.766. The van der Waals surface area contributed by atoms with E-state index in [1.807, 2.05) is 29.2 Å². The fraction of sp³-hybridized carbons (Fsp3) is 0.417. The molecule has 1 N–H and O–H groups in total. The standard InChI is InChI=1S/C12H14N2O2/c1-16-10-4-2-3-9(6-10)14-7-8-5-11(13-8)12(14)15/h2-4,6,8,11,13H,5,7H2,1H3. The van der Waals surface area contributed by atoms with Crippen molar-refractivity contribution in [2.24, 2.45) is 0 Å². The summed E-state index contributed by atoms with van der Waals surface area (Å²) < 4.78 is 5.17. The Morgan fingerprint density at radius 1 is 1.50 bits per heavy atom. The number of benzene rings is 1. The maximum Gasteiger partial charge on any atom is 0.244 e. The van der Waals surface area contributed by atoms with Crippen molar-refractivity contribution in [2.45, 2.75) is 18.5 Å². The Morgan fingerprint density at radius 2 is 2.31 bits per heavy atom. The number of ether oxygens (including phenoxy) is 1. The number of piperazine rings is 1. The summed E-state index contributed by atoms with van der Waals surface area (Å²) >= 11 is 0. The van der Waals surface area contributed by atoms with Crippen molar-refractivity contribution in [1.82, 2.24) is 5.32 Å². The molecule has 1 amide bonds. The van der Waals surface area contributed by atoms with Crippen molar-refractivity contribution in [3.8, 4) is 5.75 Å². The summed E-state index contributed by atoms with van der Waals surface area (Å²) in [5.74, 6) is 0.966. The molecule has 1 aromatic carbocycles. The number of carbonyl (C=O) groups excluding carboxylic acids is 1. The second kappa shape index (κ2) is 3.49. The topological polar surface area (TPSA) is 41.6 Å². The molecule has 0 aliphatic carbocycles. The third-order valence-electron chi connectivity index (χ3n) is 3.29. The molecule has 16 heavy (non-hydrogen) atoms. The van der Waals surface area contributed by atoms with E-state index in [0.29, 0.717) is 6.04 Å². The molecule has 0 aromatic heterocycles. The Balaban J connectivity index is 1.88. The molecule has 3 aliphatic heterocycles. The largest absolute Gasteiger partial charge is 0.497 e. The number of rotatable bonds is 2. The number of methoxy groups -OCH3 is 1. The lowest BCUT2D eigenvalue weighted by Gasteiger charge is -2.47. The predicted octanol–water partition coefficient (Wildman–Crippen LogP) is 0.772. The van der Waals surface area contributed by atoms with E-state index in [0.717, 1.165) is 24.4 Å². The van der Waals surface area contributed by atoms with Crippen LogP contribution in [0.15, 0.2) is 24.3 Å². The van der Waals surface area contributed by atoms with E-state index in [1.165, 1.54) is 0 Å². The molecule has 2 atom stereocenters. The van der Waals surface area contributed by atoms with Crippen LogP contribution in [0.25, 0.3) is 0 Å². The Bertz CT molecular complexity index is 427. The number of anilines is 1. The zero-order chi connectivity index (χ0) is 11.1. The molecule has 3 fully saturated rings. The molecule has 4 nitrogen and oxygen atoms in total. The van der Waals surface area contributed by atoms with Gasteiger partial charge in [0.1, 0.15) is 5.75 Å². The van der Waals surface area contributed by atoms with Gasteiger partial charge in [-0.15, -0.1) is 0 Å². The second-order valence-electron chi connectivity index (χ2n) is 4.30. The van der Waals surface area contributed by atoms with E-state index in [1.54, 1.807) is 7.11 Å². The fourth-order valence-corrected chi connectivity index (χ4v) is 2.35. The van der Waals surface area contributed by atoms with E-state index in [9.17, 15) is 4.79 Å². The number of amides is 1. The first-order valence-corrected chi connectivity index (χ1v) is 5.49. The van der Waals surface area contributed by atoms with Gasteiger partial charge in [-0.2, -0.15) is 0 Å². The lowest BCUT2D eigenvalue weighted by atomic mass is 9.90. The predicted molar refractivity (Wildman–Crippen MR) is 60.7 cm³/mol. The summed E-state index contributed by atoms with van der Waals surface area (Å²) in [5.41, 5.74) is 0.931. The number of nitrogens with zero attached hydrogens (tertiary/aromatic N) is 1. The Morgan fingerprint density at radius 3 is 3.00 bits per heavy atom.